The predicted molar refractivity (Wildman–Crippen MR) is 129 cm³/mol. The van der Waals surface area contributed by atoms with Gasteiger partial charge in [-0.3, -0.25) is 24.2 Å². The minimum atomic E-state index is -1.39. The van der Waals surface area contributed by atoms with Gasteiger partial charge in [0.25, 0.3) is 0 Å². The third kappa shape index (κ3) is 12.0. The molecule has 200 valence electrons. The first-order valence-electron chi connectivity index (χ1n) is 11.4. The van der Waals surface area contributed by atoms with E-state index in [-0.39, 0.29) is 24.8 Å². The maximum absolute atomic E-state index is 12.9. The SMILES string of the molecule is CCC(C)C(NC(=O)C(NC(=O)C(CC(N)=O)NC(=O)C(N)CCCN=C(N)N)C(C)C)C(=O)O. The lowest BCUT2D eigenvalue weighted by Crippen LogP contribution is -2.59. The summed E-state index contributed by atoms with van der Waals surface area (Å²) in [7, 11) is 0. The van der Waals surface area contributed by atoms with Crippen LogP contribution in [0.1, 0.15) is 53.4 Å². The Morgan fingerprint density at radius 2 is 1.46 bits per heavy atom. The highest BCUT2D eigenvalue weighted by molar-refractivity contribution is 5.96. The molecular formula is C21H40N8O6. The van der Waals surface area contributed by atoms with Crippen LogP contribution >= 0.6 is 0 Å². The fourth-order valence-electron chi connectivity index (χ4n) is 3.05. The van der Waals surface area contributed by atoms with Gasteiger partial charge in [-0.2, -0.15) is 0 Å². The number of guanidine groups is 1. The number of aliphatic imine (C=N–C) groups is 1. The van der Waals surface area contributed by atoms with Gasteiger partial charge in [-0.25, -0.2) is 4.79 Å². The number of nitrogens with zero attached hydrogens (tertiary/aromatic N) is 1. The molecule has 0 rings (SSSR count). The Morgan fingerprint density at radius 1 is 0.886 bits per heavy atom. The summed E-state index contributed by atoms with van der Waals surface area (Å²) in [6, 6.07) is -4.68. The lowest BCUT2D eigenvalue weighted by molar-refractivity contribution is -0.144. The molecule has 0 saturated carbocycles. The molecule has 0 aromatic rings. The maximum atomic E-state index is 12.9. The first-order chi connectivity index (χ1) is 16.2. The number of carboxylic acids is 1. The van der Waals surface area contributed by atoms with Gasteiger partial charge in [0.15, 0.2) is 5.96 Å². The maximum Gasteiger partial charge on any atom is 0.326 e. The van der Waals surface area contributed by atoms with E-state index in [2.05, 4.69) is 20.9 Å². The molecule has 14 heteroatoms. The normalized spacial score (nSPS) is 15.1. The number of carbonyl (C=O) groups is 5. The number of carboxylic acid groups (broad SMARTS) is 1. The number of hydrogen-bond donors (Lipinski definition) is 8. The zero-order valence-electron chi connectivity index (χ0n) is 20.7. The highest BCUT2D eigenvalue weighted by Gasteiger charge is 2.33. The van der Waals surface area contributed by atoms with Crippen LogP contribution in [0, 0.1) is 11.8 Å². The molecule has 0 saturated heterocycles. The number of nitrogens with one attached hydrogen (secondary N) is 3. The average molecular weight is 501 g/mol. The molecule has 0 aliphatic heterocycles. The van der Waals surface area contributed by atoms with Gasteiger partial charge in [-0.1, -0.05) is 34.1 Å². The van der Waals surface area contributed by atoms with Crippen LogP contribution in [0.4, 0.5) is 0 Å². The summed E-state index contributed by atoms with van der Waals surface area (Å²) in [5.74, 6) is -5.19. The molecule has 4 amide bonds. The summed E-state index contributed by atoms with van der Waals surface area (Å²) < 4.78 is 0. The molecule has 0 radical (unpaired) electrons. The zero-order chi connectivity index (χ0) is 27.3. The van der Waals surface area contributed by atoms with Crippen LogP contribution in [0.3, 0.4) is 0 Å². The van der Waals surface area contributed by atoms with Crippen molar-refractivity contribution in [1.29, 1.82) is 0 Å². The van der Waals surface area contributed by atoms with Crippen molar-refractivity contribution in [2.75, 3.05) is 6.54 Å². The quantitative estimate of drug-likeness (QED) is 0.0631. The highest BCUT2D eigenvalue weighted by atomic mass is 16.4. The van der Waals surface area contributed by atoms with Gasteiger partial charge >= 0.3 is 5.97 Å². The largest absolute Gasteiger partial charge is 0.480 e. The molecule has 0 fully saturated rings. The van der Waals surface area contributed by atoms with Crippen molar-refractivity contribution < 1.29 is 29.1 Å². The van der Waals surface area contributed by atoms with Crippen LogP contribution in [-0.4, -0.2) is 71.4 Å². The molecule has 0 heterocycles. The Hall–Kier alpha value is -3.42. The third-order valence-corrected chi connectivity index (χ3v) is 5.37. The second-order valence-corrected chi connectivity index (χ2v) is 8.73. The van der Waals surface area contributed by atoms with Gasteiger partial charge in [0.1, 0.15) is 18.1 Å². The Morgan fingerprint density at radius 3 is 1.91 bits per heavy atom. The Kier molecular flexibility index (Phi) is 14.0. The Bertz CT molecular complexity index is 784. The van der Waals surface area contributed by atoms with E-state index >= 15 is 0 Å². The number of carbonyl (C=O) groups excluding carboxylic acids is 4. The van der Waals surface area contributed by atoms with E-state index in [4.69, 9.17) is 22.9 Å². The Labute approximate surface area is 205 Å². The predicted octanol–water partition coefficient (Wildman–Crippen LogP) is -2.52. The molecule has 35 heavy (non-hydrogen) atoms. The summed E-state index contributed by atoms with van der Waals surface area (Å²) in [6.07, 6.45) is 0.580. The van der Waals surface area contributed by atoms with Gasteiger partial charge in [0.2, 0.25) is 23.6 Å². The summed E-state index contributed by atoms with van der Waals surface area (Å²) in [4.78, 5) is 65.0. The van der Waals surface area contributed by atoms with Crippen LogP contribution in [0.15, 0.2) is 4.99 Å². The monoisotopic (exact) mass is 500 g/mol. The molecule has 0 aromatic heterocycles. The molecule has 0 aliphatic carbocycles. The van der Waals surface area contributed by atoms with Crippen LogP contribution < -0.4 is 38.9 Å². The minimum Gasteiger partial charge on any atom is -0.480 e. The van der Waals surface area contributed by atoms with Gasteiger partial charge in [0, 0.05) is 6.54 Å². The van der Waals surface area contributed by atoms with E-state index in [0.29, 0.717) is 12.8 Å². The molecule has 0 aromatic carbocycles. The minimum absolute atomic E-state index is 0.0937. The lowest BCUT2D eigenvalue weighted by Gasteiger charge is -2.28. The van der Waals surface area contributed by atoms with Crippen molar-refractivity contribution >= 4 is 35.6 Å². The van der Waals surface area contributed by atoms with Crippen molar-refractivity contribution in [1.82, 2.24) is 16.0 Å². The van der Waals surface area contributed by atoms with Crippen LogP contribution in [0.5, 0.6) is 0 Å². The van der Waals surface area contributed by atoms with Crippen molar-refractivity contribution in [3.8, 4) is 0 Å². The van der Waals surface area contributed by atoms with Crippen LogP contribution in [0.2, 0.25) is 0 Å². The summed E-state index contributed by atoms with van der Waals surface area (Å²) in [5, 5.41) is 16.7. The topological polar surface area (TPSA) is 258 Å². The van der Waals surface area contributed by atoms with Gasteiger partial charge in [-0.05, 0) is 24.7 Å². The summed E-state index contributed by atoms with van der Waals surface area (Å²) >= 11 is 0. The molecule has 0 bridgehead atoms. The van der Waals surface area contributed by atoms with E-state index < -0.39 is 66.1 Å². The van der Waals surface area contributed by atoms with E-state index in [1.165, 1.54) is 0 Å². The van der Waals surface area contributed by atoms with Crippen molar-refractivity contribution in [2.24, 2.45) is 39.8 Å². The second kappa shape index (κ2) is 15.5. The highest BCUT2D eigenvalue weighted by Crippen LogP contribution is 2.10. The summed E-state index contributed by atoms with van der Waals surface area (Å²) in [6.45, 7) is 7.03. The van der Waals surface area contributed by atoms with Crippen molar-refractivity contribution in [3.05, 3.63) is 0 Å². The van der Waals surface area contributed by atoms with Crippen LogP contribution in [0.25, 0.3) is 0 Å². The fraction of sp³-hybridized carbons (Fsp3) is 0.714. The number of hydrogen-bond acceptors (Lipinski definition) is 7. The molecule has 14 nitrogen and oxygen atoms in total. The molecule has 12 N–H and O–H groups in total. The summed E-state index contributed by atoms with van der Waals surface area (Å²) in [5.41, 5.74) is 21.5. The lowest BCUT2D eigenvalue weighted by atomic mass is 9.97. The first kappa shape index (κ1) is 31.6. The molecule has 5 atom stereocenters. The van der Waals surface area contributed by atoms with Crippen LogP contribution in [-0.2, 0) is 24.0 Å². The van der Waals surface area contributed by atoms with Crippen molar-refractivity contribution in [2.45, 2.75) is 77.5 Å². The number of amides is 4. The van der Waals surface area contributed by atoms with Crippen molar-refractivity contribution in [3.63, 3.8) is 0 Å². The Balaban J connectivity index is 5.38. The average Bonchev–Trinajstić information content (AvgIpc) is 2.76. The van der Waals surface area contributed by atoms with Gasteiger partial charge in [-0.15, -0.1) is 0 Å². The smallest absolute Gasteiger partial charge is 0.326 e. The second-order valence-electron chi connectivity index (χ2n) is 8.73. The van der Waals surface area contributed by atoms with Gasteiger partial charge < -0.3 is 44.0 Å². The molecule has 0 aliphatic rings. The molecule has 0 spiro atoms. The number of rotatable bonds is 16. The van der Waals surface area contributed by atoms with E-state index in [1.54, 1.807) is 27.7 Å². The first-order valence-corrected chi connectivity index (χ1v) is 11.4. The fourth-order valence-corrected chi connectivity index (χ4v) is 3.05. The van der Waals surface area contributed by atoms with Gasteiger partial charge in [0.05, 0.1) is 12.5 Å². The molecular weight excluding hydrogens is 460 g/mol. The zero-order valence-corrected chi connectivity index (χ0v) is 20.7. The van der Waals surface area contributed by atoms with E-state index in [1.807, 2.05) is 0 Å². The van der Waals surface area contributed by atoms with E-state index in [0.717, 1.165) is 0 Å². The third-order valence-electron chi connectivity index (χ3n) is 5.37. The number of nitrogens with two attached hydrogens (primary N) is 4. The number of aliphatic carboxylic acids is 1. The standard InChI is InChI=1S/C21H40N8O6/c1-5-11(4)16(20(34)35)29-19(33)15(10(2)3)28-18(32)13(9-14(23)30)27-17(31)12(22)7-6-8-26-21(24)25/h10-13,15-16H,5-9,22H2,1-4H3,(H2,23,30)(H,27,31)(H,28,32)(H,29,33)(H,34,35)(H4,24,25,26). The molecule has 5 unspecified atom stereocenters. The van der Waals surface area contributed by atoms with E-state index in [9.17, 15) is 29.1 Å². The number of primary amides is 1.